The molecule has 2 N–H and O–H groups in total. The van der Waals surface area contributed by atoms with E-state index in [1.54, 1.807) is 0 Å². The van der Waals surface area contributed by atoms with Gasteiger partial charge in [-0.1, -0.05) is 32.3 Å². The summed E-state index contributed by atoms with van der Waals surface area (Å²) < 4.78 is 13.7. The second-order valence-electron chi connectivity index (χ2n) is 6.72. The number of fused-ring (bicyclic) bond motifs is 1. The number of nitrogens with one attached hydrogen (secondary N) is 2. The Hall–Kier alpha value is -2.17. The number of carbonyl (C=O) groups is 2. The molecule has 2 aliphatic carbocycles. The zero-order valence-corrected chi connectivity index (χ0v) is 13.7. The Kier molecular flexibility index (Phi) is 4.97. The van der Waals surface area contributed by atoms with Crippen LogP contribution < -0.4 is 10.6 Å². The zero-order valence-electron chi connectivity index (χ0n) is 13.7. The summed E-state index contributed by atoms with van der Waals surface area (Å²) in [6.07, 6.45) is 8.29. The van der Waals surface area contributed by atoms with Crippen LogP contribution in [0.4, 0.5) is 15.8 Å². The Bertz CT molecular complexity index is 645. The highest BCUT2D eigenvalue weighted by Crippen LogP contribution is 2.53. The summed E-state index contributed by atoms with van der Waals surface area (Å²) in [4.78, 5) is 23.9. The van der Waals surface area contributed by atoms with E-state index in [9.17, 15) is 14.0 Å². The predicted octanol–water partition coefficient (Wildman–Crippen LogP) is 4.11. The van der Waals surface area contributed by atoms with Gasteiger partial charge in [-0.25, -0.2) is 4.39 Å². The molecule has 2 unspecified atom stereocenters. The number of benzene rings is 1. The van der Waals surface area contributed by atoms with Crippen LogP contribution >= 0.6 is 0 Å². The normalized spacial score (nSPS) is 25.6. The fourth-order valence-corrected chi connectivity index (χ4v) is 3.84. The van der Waals surface area contributed by atoms with E-state index in [0.29, 0.717) is 17.5 Å². The van der Waals surface area contributed by atoms with Gasteiger partial charge in [-0.3, -0.25) is 9.59 Å². The molecule has 0 saturated heterocycles. The lowest BCUT2D eigenvalue weighted by Crippen LogP contribution is -2.16. The summed E-state index contributed by atoms with van der Waals surface area (Å²) in [6, 6.07) is 4.20. The van der Waals surface area contributed by atoms with E-state index in [0.717, 1.165) is 18.9 Å². The van der Waals surface area contributed by atoms with Gasteiger partial charge in [0.05, 0.1) is 5.69 Å². The smallest absolute Gasteiger partial charge is 0.247 e. The van der Waals surface area contributed by atoms with E-state index in [1.807, 2.05) is 0 Å². The van der Waals surface area contributed by atoms with Crippen LogP contribution in [0.2, 0.25) is 0 Å². The maximum atomic E-state index is 13.7. The molecule has 0 aliphatic heterocycles. The van der Waals surface area contributed by atoms with E-state index in [1.165, 1.54) is 43.9 Å². The van der Waals surface area contributed by atoms with Gasteiger partial charge in [-0.2, -0.15) is 0 Å². The van der Waals surface area contributed by atoms with Crippen LogP contribution in [0.1, 0.15) is 38.5 Å². The minimum atomic E-state index is -0.545. The van der Waals surface area contributed by atoms with E-state index >= 15 is 0 Å². The minimum Gasteiger partial charge on any atom is -0.326 e. The van der Waals surface area contributed by atoms with Gasteiger partial charge in [-0.15, -0.1) is 0 Å². The van der Waals surface area contributed by atoms with Crippen molar-refractivity contribution in [1.82, 2.24) is 0 Å². The third kappa shape index (κ3) is 3.66. The molecule has 24 heavy (non-hydrogen) atoms. The fourth-order valence-electron chi connectivity index (χ4n) is 3.84. The first-order valence-corrected chi connectivity index (χ1v) is 8.64. The van der Waals surface area contributed by atoms with Crippen molar-refractivity contribution in [2.75, 3.05) is 10.6 Å². The van der Waals surface area contributed by atoms with Crippen LogP contribution in [0.15, 0.2) is 30.9 Å². The summed E-state index contributed by atoms with van der Waals surface area (Å²) in [5.74, 6) is 0.0737. The second-order valence-corrected chi connectivity index (χ2v) is 6.72. The lowest BCUT2D eigenvalue weighted by molar-refractivity contribution is -0.118. The van der Waals surface area contributed by atoms with Crippen LogP contribution in [0.5, 0.6) is 0 Å². The first-order chi connectivity index (χ1) is 11.6. The van der Waals surface area contributed by atoms with Gasteiger partial charge < -0.3 is 10.6 Å². The van der Waals surface area contributed by atoms with Crippen molar-refractivity contribution >= 4 is 23.2 Å². The Morgan fingerprint density at radius 3 is 2.38 bits per heavy atom. The topological polar surface area (TPSA) is 58.2 Å². The van der Waals surface area contributed by atoms with E-state index in [-0.39, 0.29) is 17.5 Å². The van der Waals surface area contributed by atoms with Crippen molar-refractivity contribution in [3.8, 4) is 0 Å². The molecule has 2 amide bonds. The van der Waals surface area contributed by atoms with E-state index in [4.69, 9.17) is 0 Å². The van der Waals surface area contributed by atoms with Gasteiger partial charge in [0.2, 0.25) is 11.8 Å². The Balaban J connectivity index is 1.65. The highest BCUT2D eigenvalue weighted by molar-refractivity contribution is 6.00. The van der Waals surface area contributed by atoms with Crippen molar-refractivity contribution in [3.63, 3.8) is 0 Å². The van der Waals surface area contributed by atoms with E-state index in [2.05, 4.69) is 17.2 Å². The molecule has 5 heteroatoms. The summed E-state index contributed by atoms with van der Waals surface area (Å²) in [5.41, 5.74) is 0.541. The molecule has 2 fully saturated rings. The summed E-state index contributed by atoms with van der Waals surface area (Å²) in [6.45, 7) is 3.34. The quantitative estimate of drug-likeness (QED) is 0.816. The molecule has 1 aromatic rings. The van der Waals surface area contributed by atoms with Gasteiger partial charge in [0.15, 0.2) is 0 Å². The first kappa shape index (κ1) is 16.7. The second kappa shape index (κ2) is 7.16. The molecule has 128 valence electrons. The molecule has 2 saturated carbocycles. The average molecular weight is 330 g/mol. The molecule has 0 aromatic heterocycles. The van der Waals surface area contributed by atoms with Gasteiger partial charge in [-0.05, 0) is 49.0 Å². The highest BCUT2D eigenvalue weighted by Gasteiger charge is 2.53. The van der Waals surface area contributed by atoms with Crippen molar-refractivity contribution < 1.29 is 14.0 Å². The van der Waals surface area contributed by atoms with Gasteiger partial charge in [0, 0.05) is 11.6 Å². The van der Waals surface area contributed by atoms with Crippen molar-refractivity contribution in [3.05, 3.63) is 36.7 Å². The van der Waals surface area contributed by atoms with Crippen LogP contribution in [0, 0.1) is 23.6 Å². The number of hydrogen-bond acceptors (Lipinski definition) is 2. The molecule has 2 atom stereocenters. The monoisotopic (exact) mass is 330 g/mol. The summed E-state index contributed by atoms with van der Waals surface area (Å²) in [5, 5.41) is 5.28. The van der Waals surface area contributed by atoms with Crippen LogP contribution in [0.25, 0.3) is 0 Å². The summed E-state index contributed by atoms with van der Waals surface area (Å²) in [7, 11) is 0. The highest BCUT2D eigenvalue weighted by atomic mass is 19.1. The fraction of sp³-hybridized carbons (Fsp3) is 0.474. The Labute approximate surface area is 141 Å². The molecule has 2 aliphatic rings. The maximum absolute atomic E-state index is 13.7. The molecule has 4 nitrogen and oxygen atoms in total. The number of halogens is 1. The van der Waals surface area contributed by atoms with Crippen molar-refractivity contribution in [2.45, 2.75) is 38.5 Å². The SMILES string of the molecule is C=CC(=O)Nc1cc(NC(=O)C2C3CCCCCCC32)ccc1F. The van der Waals surface area contributed by atoms with Gasteiger partial charge in [0.1, 0.15) is 5.82 Å². The standard InChI is InChI=1S/C19H23FN2O2/c1-2-17(23)22-16-11-12(9-10-15(16)20)21-19(24)18-13-7-5-3-4-6-8-14(13)18/h2,9-11,13-14,18H,1,3-8H2,(H,21,24)(H,22,23). The number of amides is 2. The molecule has 1 aromatic carbocycles. The van der Waals surface area contributed by atoms with Crippen LogP contribution in [0.3, 0.4) is 0 Å². The third-order valence-electron chi connectivity index (χ3n) is 5.14. The van der Waals surface area contributed by atoms with Crippen molar-refractivity contribution in [1.29, 1.82) is 0 Å². The van der Waals surface area contributed by atoms with Crippen LogP contribution in [-0.2, 0) is 9.59 Å². The van der Waals surface area contributed by atoms with Gasteiger partial charge >= 0.3 is 0 Å². The number of rotatable bonds is 4. The number of anilines is 2. The first-order valence-electron chi connectivity index (χ1n) is 8.64. The molecule has 0 heterocycles. The molecule has 3 rings (SSSR count). The molecular weight excluding hydrogens is 307 g/mol. The Morgan fingerprint density at radius 2 is 1.75 bits per heavy atom. The largest absolute Gasteiger partial charge is 0.326 e. The minimum absolute atomic E-state index is 0.0134. The zero-order chi connectivity index (χ0) is 17.1. The maximum Gasteiger partial charge on any atom is 0.247 e. The Morgan fingerprint density at radius 1 is 1.08 bits per heavy atom. The predicted molar refractivity (Wildman–Crippen MR) is 92.0 cm³/mol. The van der Waals surface area contributed by atoms with E-state index < -0.39 is 11.7 Å². The third-order valence-corrected chi connectivity index (χ3v) is 5.14. The van der Waals surface area contributed by atoms with Crippen molar-refractivity contribution in [2.24, 2.45) is 17.8 Å². The van der Waals surface area contributed by atoms with Crippen LogP contribution in [-0.4, -0.2) is 11.8 Å². The summed E-state index contributed by atoms with van der Waals surface area (Å²) >= 11 is 0. The number of carbonyl (C=O) groups excluding carboxylic acids is 2. The average Bonchev–Trinajstić information content (AvgIpc) is 3.21. The lowest BCUT2D eigenvalue weighted by atomic mass is 10.0. The molecule has 0 spiro atoms. The molecule has 0 bridgehead atoms. The lowest BCUT2D eigenvalue weighted by Gasteiger charge is -2.09. The molecular formula is C19H23FN2O2. The van der Waals surface area contributed by atoms with Gasteiger partial charge in [0.25, 0.3) is 0 Å². The number of hydrogen-bond donors (Lipinski definition) is 2. The molecule has 0 radical (unpaired) electrons.